The van der Waals surface area contributed by atoms with E-state index in [-0.39, 0.29) is 10.8 Å². The Labute approximate surface area is 355 Å². The van der Waals surface area contributed by atoms with Crippen molar-refractivity contribution in [2.45, 2.75) is 38.5 Å². The van der Waals surface area contributed by atoms with Gasteiger partial charge < -0.3 is 0 Å². The smallest absolute Gasteiger partial charge is 0.241 e. The van der Waals surface area contributed by atoms with Crippen LogP contribution in [-0.4, -0.2) is 29.9 Å². The minimum Gasteiger partial charge on any atom is -0.246 e. The van der Waals surface area contributed by atoms with E-state index in [9.17, 15) is 0 Å². The number of benzene rings is 7. The van der Waals surface area contributed by atoms with Gasteiger partial charge in [-0.15, -0.1) is 0 Å². The molecule has 0 N–H and O–H groups in total. The lowest BCUT2D eigenvalue weighted by Gasteiger charge is -2.26. The van der Waals surface area contributed by atoms with Gasteiger partial charge in [-0.25, -0.2) is 14.9 Å². The SMILES string of the molecule is CC1(C)c2ccccc2-c2cc3c(cc21)-c1ccc(N(c2nc(-c4ccccc4)nc(-c4ccccc4)n2)c2nc(-c4ccccc4)nc(-c4ccccc4)n2)cc1C3(C)C. The molecule has 7 heteroatoms. The van der Waals surface area contributed by atoms with Crippen molar-refractivity contribution in [3.63, 3.8) is 0 Å². The van der Waals surface area contributed by atoms with Crippen LogP contribution in [0.4, 0.5) is 17.6 Å². The number of aromatic nitrogens is 6. The van der Waals surface area contributed by atoms with Gasteiger partial charge in [0.05, 0.1) is 5.69 Å². The molecule has 9 aromatic rings. The van der Waals surface area contributed by atoms with Gasteiger partial charge in [0.25, 0.3) is 0 Å². The van der Waals surface area contributed by atoms with Crippen LogP contribution in [0.15, 0.2) is 176 Å². The summed E-state index contributed by atoms with van der Waals surface area (Å²) < 4.78 is 0. The molecule has 0 aliphatic heterocycles. The zero-order valence-corrected chi connectivity index (χ0v) is 34.4. The fraction of sp³-hybridized carbons (Fsp3) is 0.111. The maximum atomic E-state index is 5.24. The molecular weight excluding hydrogens is 747 g/mol. The van der Waals surface area contributed by atoms with Gasteiger partial charge in [0.2, 0.25) is 11.9 Å². The van der Waals surface area contributed by atoms with Gasteiger partial charge >= 0.3 is 0 Å². The van der Waals surface area contributed by atoms with E-state index in [4.69, 9.17) is 29.9 Å². The summed E-state index contributed by atoms with van der Waals surface area (Å²) in [5, 5.41) is 0. The molecule has 2 aliphatic rings. The summed E-state index contributed by atoms with van der Waals surface area (Å²) in [6.45, 7) is 9.35. The maximum absolute atomic E-state index is 5.24. The van der Waals surface area contributed by atoms with Gasteiger partial charge in [-0.3, -0.25) is 0 Å². The summed E-state index contributed by atoms with van der Waals surface area (Å²) in [6, 6.07) is 60.6. The second kappa shape index (κ2) is 14.0. The molecule has 2 aliphatic carbocycles. The first-order valence-corrected chi connectivity index (χ1v) is 20.7. The zero-order chi connectivity index (χ0) is 41.3. The molecule has 61 heavy (non-hydrogen) atoms. The molecule has 0 atom stereocenters. The molecular formula is C54H41N7. The first-order chi connectivity index (χ1) is 29.7. The molecule has 0 radical (unpaired) electrons. The average molecular weight is 788 g/mol. The molecule has 0 saturated heterocycles. The highest BCUT2D eigenvalue weighted by atomic mass is 15.4. The molecule has 0 amide bonds. The Morgan fingerprint density at radius 3 is 1.08 bits per heavy atom. The van der Waals surface area contributed by atoms with Crippen molar-refractivity contribution in [3.05, 3.63) is 198 Å². The van der Waals surface area contributed by atoms with Crippen LogP contribution in [0.3, 0.4) is 0 Å². The third-order valence-corrected chi connectivity index (χ3v) is 12.4. The van der Waals surface area contributed by atoms with E-state index in [0.29, 0.717) is 35.2 Å². The van der Waals surface area contributed by atoms with Crippen LogP contribution in [0.2, 0.25) is 0 Å². The molecule has 2 heterocycles. The van der Waals surface area contributed by atoms with E-state index in [1.807, 2.05) is 126 Å². The fourth-order valence-corrected chi connectivity index (χ4v) is 9.17. The third-order valence-electron chi connectivity index (χ3n) is 12.4. The third kappa shape index (κ3) is 6.03. The van der Waals surface area contributed by atoms with Crippen LogP contribution < -0.4 is 4.90 Å². The average Bonchev–Trinajstić information content (AvgIpc) is 3.68. The topological polar surface area (TPSA) is 80.6 Å². The Morgan fingerprint density at radius 1 is 0.311 bits per heavy atom. The summed E-state index contributed by atoms with van der Waals surface area (Å²) in [5.74, 6) is 2.95. The van der Waals surface area contributed by atoms with Crippen LogP contribution in [-0.2, 0) is 10.8 Å². The summed E-state index contributed by atoms with van der Waals surface area (Å²) in [5.41, 5.74) is 14.3. The predicted molar refractivity (Wildman–Crippen MR) is 245 cm³/mol. The first kappa shape index (κ1) is 36.4. The van der Waals surface area contributed by atoms with Gasteiger partial charge in [0.1, 0.15) is 0 Å². The number of rotatable bonds is 7. The normalized spacial score (nSPS) is 13.8. The highest BCUT2D eigenvalue weighted by Gasteiger charge is 2.42. The Bertz CT molecular complexity index is 2890. The Hall–Kier alpha value is -7.64. The van der Waals surface area contributed by atoms with E-state index in [0.717, 1.165) is 27.9 Å². The van der Waals surface area contributed by atoms with Crippen molar-refractivity contribution in [2.24, 2.45) is 0 Å². The summed E-state index contributed by atoms with van der Waals surface area (Å²) in [4.78, 5) is 33.0. The molecule has 7 aromatic carbocycles. The largest absolute Gasteiger partial charge is 0.246 e. The van der Waals surface area contributed by atoms with Crippen molar-refractivity contribution >= 4 is 17.6 Å². The second-order valence-corrected chi connectivity index (χ2v) is 16.8. The standard InChI is InChI=1S/C54H41N7/c1-53(2)43-28-18-17-27-39(43)41-32-46-42(33-45(41)53)40-30-29-38(31-44(40)54(46,3)4)61(51-57-47(34-19-9-5-10-20-34)55-48(58-51)35-21-11-6-12-22-35)52-59-49(36-23-13-7-14-24-36)56-50(60-52)37-25-15-8-16-26-37/h5-33H,1-4H3. The Morgan fingerprint density at radius 2 is 0.656 bits per heavy atom. The van der Waals surface area contributed by atoms with E-state index in [1.54, 1.807) is 0 Å². The van der Waals surface area contributed by atoms with Crippen molar-refractivity contribution in [1.29, 1.82) is 0 Å². The van der Waals surface area contributed by atoms with Gasteiger partial charge in [-0.2, -0.15) is 19.9 Å². The van der Waals surface area contributed by atoms with Gasteiger partial charge in [-0.1, -0.05) is 179 Å². The second-order valence-electron chi connectivity index (χ2n) is 16.8. The summed E-state index contributed by atoms with van der Waals surface area (Å²) in [6.07, 6.45) is 0. The van der Waals surface area contributed by atoms with Crippen LogP contribution in [0.5, 0.6) is 0 Å². The molecule has 0 fully saturated rings. The van der Waals surface area contributed by atoms with E-state index in [1.165, 1.54) is 44.5 Å². The van der Waals surface area contributed by atoms with Crippen LogP contribution in [0.25, 0.3) is 67.8 Å². The van der Waals surface area contributed by atoms with Crippen molar-refractivity contribution < 1.29 is 0 Å². The monoisotopic (exact) mass is 787 g/mol. The predicted octanol–water partition coefficient (Wildman–Crippen LogP) is 12.8. The quantitative estimate of drug-likeness (QED) is 0.159. The summed E-state index contributed by atoms with van der Waals surface area (Å²) >= 11 is 0. The molecule has 11 rings (SSSR count). The number of nitrogens with zero attached hydrogens (tertiary/aromatic N) is 7. The lowest BCUT2D eigenvalue weighted by atomic mass is 9.79. The van der Waals surface area contributed by atoms with Gasteiger partial charge in [-0.05, 0) is 68.8 Å². The van der Waals surface area contributed by atoms with Crippen molar-refractivity contribution in [2.75, 3.05) is 4.90 Å². The molecule has 0 bridgehead atoms. The molecule has 0 spiro atoms. The Balaban J connectivity index is 1.16. The van der Waals surface area contributed by atoms with E-state index in [2.05, 4.69) is 82.3 Å². The molecule has 0 saturated carbocycles. The molecule has 2 aromatic heterocycles. The minimum absolute atomic E-state index is 0.109. The lowest BCUT2D eigenvalue weighted by Crippen LogP contribution is -2.20. The molecule has 7 nitrogen and oxygen atoms in total. The van der Waals surface area contributed by atoms with Gasteiger partial charge in [0.15, 0.2) is 23.3 Å². The lowest BCUT2D eigenvalue weighted by molar-refractivity contribution is 0.652. The van der Waals surface area contributed by atoms with Crippen LogP contribution in [0.1, 0.15) is 49.9 Å². The highest BCUT2D eigenvalue weighted by molar-refractivity contribution is 5.91. The maximum Gasteiger partial charge on any atom is 0.241 e. The zero-order valence-electron chi connectivity index (χ0n) is 34.4. The van der Waals surface area contributed by atoms with Crippen LogP contribution >= 0.6 is 0 Å². The van der Waals surface area contributed by atoms with Gasteiger partial charge in [0, 0.05) is 33.1 Å². The van der Waals surface area contributed by atoms with Crippen molar-refractivity contribution in [1.82, 2.24) is 29.9 Å². The van der Waals surface area contributed by atoms with E-state index >= 15 is 0 Å². The Kier molecular flexibility index (Phi) is 8.36. The van der Waals surface area contributed by atoms with Crippen LogP contribution in [0, 0.1) is 0 Å². The van der Waals surface area contributed by atoms with E-state index < -0.39 is 0 Å². The first-order valence-electron chi connectivity index (χ1n) is 20.7. The summed E-state index contributed by atoms with van der Waals surface area (Å²) in [7, 11) is 0. The number of anilines is 3. The number of fused-ring (bicyclic) bond motifs is 6. The molecule has 292 valence electrons. The minimum atomic E-state index is -0.323. The fourth-order valence-electron chi connectivity index (χ4n) is 9.17. The van der Waals surface area contributed by atoms with Crippen molar-refractivity contribution in [3.8, 4) is 67.8 Å². The number of hydrogen-bond donors (Lipinski definition) is 0. The molecule has 0 unspecified atom stereocenters. The number of hydrogen-bond acceptors (Lipinski definition) is 7. The highest BCUT2D eigenvalue weighted by Crippen LogP contribution is 2.56.